The molecule has 0 aliphatic heterocycles. The summed E-state index contributed by atoms with van der Waals surface area (Å²) in [6, 6.07) is 7.02. The zero-order chi connectivity index (χ0) is 15.6. The lowest BCUT2D eigenvalue weighted by Crippen LogP contribution is -2.15. The molecule has 0 radical (unpaired) electrons. The van der Waals surface area contributed by atoms with Gasteiger partial charge in [-0.2, -0.15) is 0 Å². The Balaban J connectivity index is 2.46. The number of anilines is 1. The van der Waals surface area contributed by atoms with Gasteiger partial charge in [0.1, 0.15) is 4.90 Å². The molecule has 0 saturated carbocycles. The number of sulfonamides is 1. The molecule has 0 bridgehead atoms. The Hall–Kier alpha value is -1.70. The highest BCUT2D eigenvalue weighted by atomic mass is 35.5. The van der Waals surface area contributed by atoms with E-state index < -0.39 is 27.3 Å². The largest absolute Gasteiger partial charge is 0.392 e. The third-order valence-electron chi connectivity index (χ3n) is 2.66. The number of hydrogen-bond acceptors (Lipinski definition) is 3. The topological polar surface area (TPSA) is 66.4 Å². The summed E-state index contributed by atoms with van der Waals surface area (Å²) in [6.45, 7) is -0.381. The van der Waals surface area contributed by atoms with Gasteiger partial charge in [-0.3, -0.25) is 4.72 Å². The lowest BCUT2D eigenvalue weighted by atomic mass is 10.2. The van der Waals surface area contributed by atoms with Crippen LogP contribution in [-0.2, 0) is 16.6 Å². The monoisotopic (exact) mass is 333 g/mol. The van der Waals surface area contributed by atoms with Crippen LogP contribution in [-0.4, -0.2) is 13.5 Å². The number of rotatable bonds is 4. The van der Waals surface area contributed by atoms with E-state index in [0.29, 0.717) is 5.56 Å². The van der Waals surface area contributed by atoms with Gasteiger partial charge in [0, 0.05) is 0 Å². The summed E-state index contributed by atoms with van der Waals surface area (Å²) >= 11 is 5.81. The van der Waals surface area contributed by atoms with Gasteiger partial charge in [-0.25, -0.2) is 17.2 Å². The van der Waals surface area contributed by atoms with Gasteiger partial charge in [-0.05, 0) is 29.8 Å². The fraction of sp³-hybridized carbons (Fsp3) is 0.0769. The molecule has 0 saturated heterocycles. The second-order valence-corrected chi connectivity index (χ2v) is 6.19. The van der Waals surface area contributed by atoms with E-state index in [0.717, 1.165) is 18.2 Å². The normalized spacial score (nSPS) is 11.4. The molecular weight excluding hydrogens is 324 g/mol. The van der Waals surface area contributed by atoms with Crippen LogP contribution >= 0.6 is 11.6 Å². The van der Waals surface area contributed by atoms with Crippen LogP contribution in [0.2, 0.25) is 5.02 Å². The first-order valence-electron chi connectivity index (χ1n) is 5.71. The van der Waals surface area contributed by atoms with Crippen molar-refractivity contribution in [2.45, 2.75) is 11.5 Å². The minimum atomic E-state index is -4.22. The van der Waals surface area contributed by atoms with E-state index >= 15 is 0 Å². The molecule has 0 unspecified atom stereocenters. The molecule has 0 aromatic heterocycles. The number of aliphatic hydroxyl groups excluding tert-OH is 1. The van der Waals surface area contributed by atoms with Crippen LogP contribution < -0.4 is 4.72 Å². The van der Waals surface area contributed by atoms with E-state index in [2.05, 4.69) is 0 Å². The van der Waals surface area contributed by atoms with Crippen molar-refractivity contribution in [2.75, 3.05) is 4.72 Å². The average Bonchev–Trinajstić information content (AvgIpc) is 2.44. The molecule has 0 spiro atoms. The Morgan fingerprint density at radius 3 is 2.57 bits per heavy atom. The molecule has 8 heteroatoms. The molecule has 0 aliphatic carbocycles. The third kappa shape index (κ3) is 3.31. The average molecular weight is 334 g/mol. The van der Waals surface area contributed by atoms with Crippen molar-refractivity contribution in [2.24, 2.45) is 0 Å². The summed E-state index contributed by atoms with van der Waals surface area (Å²) in [7, 11) is -4.22. The summed E-state index contributed by atoms with van der Waals surface area (Å²) in [5.74, 6) is -2.49. The summed E-state index contributed by atoms with van der Waals surface area (Å²) in [6.07, 6.45) is 0. The molecule has 2 aromatic rings. The SMILES string of the molecule is O=S(=O)(Nc1cccc(F)c1F)c1cc(CO)ccc1Cl. The van der Waals surface area contributed by atoms with Crippen LogP contribution in [0.5, 0.6) is 0 Å². The molecule has 21 heavy (non-hydrogen) atoms. The zero-order valence-electron chi connectivity index (χ0n) is 10.5. The molecule has 0 aliphatic rings. The van der Waals surface area contributed by atoms with Gasteiger partial charge in [-0.1, -0.05) is 23.7 Å². The molecule has 0 atom stereocenters. The van der Waals surface area contributed by atoms with Gasteiger partial charge in [0.2, 0.25) is 0 Å². The Bertz CT molecular complexity index is 781. The first-order valence-corrected chi connectivity index (χ1v) is 7.57. The molecule has 0 fully saturated rings. The van der Waals surface area contributed by atoms with E-state index in [1.165, 1.54) is 18.2 Å². The van der Waals surface area contributed by atoms with Crippen molar-refractivity contribution < 1.29 is 22.3 Å². The minimum Gasteiger partial charge on any atom is -0.392 e. The lowest BCUT2D eigenvalue weighted by molar-refractivity contribution is 0.281. The molecule has 2 N–H and O–H groups in total. The van der Waals surface area contributed by atoms with Gasteiger partial charge < -0.3 is 5.11 Å². The van der Waals surface area contributed by atoms with E-state index in [4.69, 9.17) is 16.7 Å². The van der Waals surface area contributed by atoms with Crippen molar-refractivity contribution in [3.8, 4) is 0 Å². The predicted molar refractivity (Wildman–Crippen MR) is 74.5 cm³/mol. The van der Waals surface area contributed by atoms with Crippen molar-refractivity contribution in [1.29, 1.82) is 0 Å². The summed E-state index contributed by atoms with van der Waals surface area (Å²) in [5.41, 5.74) is -0.208. The van der Waals surface area contributed by atoms with Crippen molar-refractivity contribution in [3.05, 3.63) is 58.6 Å². The van der Waals surface area contributed by atoms with Crippen molar-refractivity contribution in [3.63, 3.8) is 0 Å². The lowest BCUT2D eigenvalue weighted by Gasteiger charge is -2.11. The number of halogens is 3. The highest BCUT2D eigenvalue weighted by molar-refractivity contribution is 7.92. The number of nitrogens with one attached hydrogen (secondary N) is 1. The Morgan fingerprint density at radius 2 is 1.90 bits per heavy atom. The second kappa shape index (κ2) is 5.97. The molecule has 0 amide bonds. The second-order valence-electron chi connectivity index (χ2n) is 4.13. The van der Waals surface area contributed by atoms with Gasteiger partial charge >= 0.3 is 0 Å². The zero-order valence-corrected chi connectivity index (χ0v) is 12.0. The maximum Gasteiger partial charge on any atom is 0.263 e. The number of benzene rings is 2. The van der Waals surface area contributed by atoms with Gasteiger partial charge in [0.05, 0.1) is 17.3 Å². The summed E-state index contributed by atoms with van der Waals surface area (Å²) < 4.78 is 52.9. The first kappa shape index (κ1) is 15.7. The summed E-state index contributed by atoms with van der Waals surface area (Å²) in [4.78, 5) is -0.334. The van der Waals surface area contributed by atoms with E-state index in [1.807, 2.05) is 4.72 Å². The van der Waals surface area contributed by atoms with Crippen LogP contribution in [0.3, 0.4) is 0 Å². The van der Waals surface area contributed by atoms with Crippen LogP contribution in [0.25, 0.3) is 0 Å². The highest BCUT2D eigenvalue weighted by Gasteiger charge is 2.21. The van der Waals surface area contributed by atoms with Gasteiger partial charge in [0.15, 0.2) is 11.6 Å². The fourth-order valence-corrected chi connectivity index (χ4v) is 3.25. The Morgan fingerprint density at radius 1 is 1.19 bits per heavy atom. The van der Waals surface area contributed by atoms with Crippen LogP contribution in [0.1, 0.15) is 5.56 Å². The van der Waals surface area contributed by atoms with Gasteiger partial charge in [-0.15, -0.1) is 0 Å². The van der Waals surface area contributed by atoms with E-state index in [1.54, 1.807) is 0 Å². The fourth-order valence-electron chi connectivity index (χ4n) is 1.63. The van der Waals surface area contributed by atoms with Crippen LogP contribution in [0, 0.1) is 11.6 Å². The van der Waals surface area contributed by atoms with Gasteiger partial charge in [0.25, 0.3) is 10.0 Å². The number of hydrogen-bond donors (Lipinski definition) is 2. The minimum absolute atomic E-state index is 0.100. The predicted octanol–water partition coefficient (Wildman–Crippen LogP) is 2.91. The molecular formula is C13H10ClF2NO3S. The molecule has 0 heterocycles. The maximum atomic E-state index is 13.5. The van der Waals surface area contributed by atoms with Crippen molar-refractivity contribution >= 4 is 27.3 Å². The van der Waals surface area contributed by atoms with Crippen molar-refractivity contribution in [1.82, 2.24) is 0 Å². The Kier molecular flexibility index (Phi) is 4.46. The summed E-state index contributed by atoms with van der Waals surface area (Å²) in [5, 5.41) is 8.92. The van der Waals surface area contributed by atoms with E-state index in [-0.39, 0.29) is 16.5 Å². The molecule has 2 rings (SSSR count). The Labute approximate surface area is 125 Å². The molecule has 4 nitrogen and oxygen atoms in total. The third-order valence-corrected chi connectivity index (χ3v) is 4.51. The quantitative estimate of drug-likeness (QED) is 0.904. The molecule has 2 aromatic carbocycles. The van der Waals surface area contributed by atoms with Crippen LogP contribution in [0.15, 0.2) is 41.3 Å². The molecule has 112 valence electrons. The van der Waals surface area contributed by atoms with E-state index in [9.17, 15) is 17.2 Å². The number of aliphatic hydroxyl groups is 1. The standard InChI is InChI=1S/C13H10ClF2NO3S/c14-9-5-4-8(7-18)6-12(9)21(19,20)17-11-3-1-2-10(15)13(11)16/h1-6,17-18H,7H2. The van der Waals surface area contributed by atoms with Crippen LogP contribution in [0.4, 0.5) is 14.5 Å². The highest BCUT2D eigenvalue weighted by Crippen LogP contribution is 2.26. The smallest absolute Gasteiger partial charge is 0.263 e. The first-order chi connectivity index (χ1) is 9.85. The maximum absolute atomic E-state index is 13.5.